The van der Waals surface area contributed by atoms with E-state index in [1.165, 1.54) is 12.8 Å². The van der Waals surface area contributed by atoms with E-state index in [4.69, 9.17) is 4.74 Å². The molecule has 1 aromatic rings. The van der Waals surface area contributed by atoms with Crippen LogP contribution < -0.4 is 0 Å². The number of esters is 1. The number of aromatic nitrogens is 2. The molecule has 1 saturated heterocycles. The quantitative estimate of drug-likeness (QED) is 0.772. The van der Waals surface area contributed by atoms with E-state index >= 15 is 0 Å². The molecular formula is C17H23N3O3. The molecule has 2 fully saturated rings. The summed E-state index contributed by atoms with van der Waals surface area (Å²) in [6, 6.07) is 0.336. The number of carbonyl (C=O) groups excluding carboxylic acids is 2. The highest BCUT2D eigenvalue weighted by atomic mass is 16.5. The van der Waals surface area contributed by atoms with Crippen LogP contribution in [0, 0.1) is 12.8 Å². The van der Waals surface area contributed by atoms with E-state index in [9.17, 15) is 9.59 Å². The van der Waals surface area contributed by atoms with Gasteiger partial charge in [-0.15, -0.1) is 0 Å². The number of hydrogen-bond donors (Lipinski definition) is 0. The second-order valence-corrected chi connectivity index (χ2v) is 6.45. The van der Waals surface area contributed by atoms with Gasteiger partial charge in [-0.3, -0.25) is 19.6 Å². The number of hydrogen-bond acceptors (Lipinski definition) is 5. The van der Waals surface area contributed by atoms with Crippen molar-refractivity contribution in [2.75, 3.05) is 13.2 Å². The Balaban J connectivity index is 1.45. The van der Waals surface area contributed by atoms with Gasteiger partial charge in [0.15, 0.2) is 0 Å². The summed E-state index contributed by atoms with van der Waals surface area (Å²) in [7, 11) is 0. The van der Waals surface area contributed by atoms with Crippen molar-refractivity contribution < 1.29 is 14.3 Å². The summed E-state index contributed by atoms with van der Waals surface area (Å²) in [6.07, 6.45) is 8.74. The lowest BCUT2D eigenvalue weighted by Crippen LogP contribution is -2.35. The molecule has 0 N–H and O–H groups in total. The van der Waals surface area contributed by atoms with Crippen LogP contribution in [0.3, 0.4) is 0 Å². The summed E-state index contributed by atoms with van der Waals surface area (Å²) in [4.78, 5) is 34.6. The molecule has 0 bridgehead atoms. The monoisotopic (exact) mass is 317 g/mol. The first kappa shape index (κ1) is 15.9. The Morgan fingerprint density at radius 1 is 1.30 bits per heavy atom. The molecular weight excluding hydrogens is 294 g/mol. The SMILES string of the molecule is Cc1cnc(CCOC(=O)[C@H]2CC(=O)N(C3CCCC3)C2)cn1. The average Bonchev–Trinajstić information content (AvgIpc) is 3.18. The summed E-state index contributed by atoms with van der Waals surface area (Å²) >= 11 is 0. The Hall–Kier alpha value is -1.98. The second-order valence-electron chi connectivity index (χ2n) is 6.45. The van der Waals surface area contributed by atoms with Crippen LogP contribution in [0.1, 0.15) is 43.5 Å². The molecule has 0 unspecified atom stereocenters. The molecule has 124 valence electrons. The Labute approximate surface area is 136 Å². The number of likely N-dealkylation sites (tertiary alicyclic amines) is 1. The number of ether oxygens (including phenoxy) is 1. The van der Waals surface area contributed by atoms with Gasteiger partial charge in [0.2, 0.25) is 5.91 Å². The number of carbonyl (C=O) groups is 2. The fraction of sp³-hybridized carbons (Fsp3) is 0.647. The summed E-state index contributed by atoms with van der Waals surface area (Å²) in [6.45, 7) is 2.68. The fourth-order valence-corrected chi connectivity index (χ4v) is 3.38. The van der Waals surface area contributed by atoms with E-state index in [-0.39, 0.29) is 24.4 Å². The predicted octanol–water partition coefficient (Wildman–Crippen LogP) is 1.66. The fourth-order valence-electron chi connectivity index (χ4n) is 3.38. The predicted molar refractivity (Wildman–Crippen MR) is 83.5 cm³/mol. The van der Waals surface area contributed by atoms with Crippen molar-refractivity contribution in [3.8, 4) is 0 Å². The highest BCUT2D eigenvalue weighted by molar-refractivity contribution is 5.87. The molecule has 2 aliphatic rings. The molecule has 0 aromatic carbocycles. The lowest BCUT2D eigenvalue weighted by molar-refractivity contribution is -0.148. The van der Waals surface area contributed by atoms with Gasteiger partial charge in [-0.1, -0.05) is 12.8 Å². The van der Waals surface area contributed by atoms with Crippen molar-refractivity contribution in [1.29, 1.82) is 0 Å². The normalized spacial score (nSPS) is 21.9. The van der Waals surface area contributed by atoms with Crippen LogP contribution in [0.2, 0.25) is 0 Å². The zero-order valence-electron chi connectivity index (χ0n) is 13.5. The van der Waals surface area contributed by atoms with Crippen molar-refractivity contribution >= 4 is 11.9 Å². The molecule has 1 atom stereocenters. The van der Waals surface area contributed by atoms with Gasteiger partial charge in [-0.05, 0) is 19.8 Å². The smallest absolute Gasteiger partial charge is 0.311 e. The summed E-state index contributed by atoms with van der Waals surface area (Å²) in [5, 5.41) is 0. The van der Waals surface area contributed by atoms with Crippen LogP contribution in [0.15, 0.2) is 12.4 Å². The summed E-state index contributed by atoms with van der Waals surface area (Å²) < 4.78 is 5.33. The molecule has 1 amide bonds. The van der Waals surface area contributed by atoms with Crippen LogP contribution in [0.25, 0.3) is 0 Å². The largest absolute Gasteiger partial charge is 0.465 e. The second kappa shape index (κ2) is 7.06. The molecule has 6 nitrogen and oxygen atoms in total. The van der Waals surface area contributed by atoms with Crippen molar-refractivity contribution in [2.45, 2.75) is 51.5 Å². The van der Waals surface area contributed by atoms with E-state index in [0.717, 1.165) is 24.2 Å². The standard InChI is InChI=1S/C17H23N3O3/c1-12-9-19-14(10-18-12)6-7-23-17(22)13-8-16(21)20(11-13)15-4-2-3-5-15/h9-10,13,15H,2-8,11H2,1H3/t13-/m0/s1. The van der Waals surface area contributed by atoms with Gasteiger partial charge in [0.05, 0.1) is 23.9 Å². The van der Waals surface area contributed by atoms with Gasteiger partial charge < -0.3 is 9.64 Å². The van der Waals surface area contributed by atoms with Crippen LogP contribution in [-0.4, -0.2) is 45.9 Å². The van der Waals surface area contributed by atoms with Crippen LogP contribution in [-0.2, 0) is 20.7 Å². The summed E-state index contributed by atoms with van der Waals surface area (Å²) in [5.41, 5.74) is 1.67. The number of nitrogens with zero attached hydrogens (tertiary/aromatic N) is 3. The molecule has 1 aliphatic carbocycles. The van der Waals surface area contributed by atoms with Crippen molar-refractivity contribution in [1.82, 2.24) is 14.9 Å². The third-order valence-electron chi connectivity index (χ3n) is 4.69. The Kier molecular flexibility index (Phi) is 4.88. The highest BCUT2D eigenvalue weighted by Crippen LogP contribution is 2.29. The van der Waals surface area contributed by atoms with Crippen LogP contribution >= 0.6 is 0 Å². The molecule has 6 heteroatoms. The lowest BCUT2D eigenvalue weighted by Gasteiger charge is -2.23. The first-order chi connectivity index (χ1) is 11.1. The van der Waals surface area contributed by atoms with E-state index in [1.807, 2.05) is 11.8 Å². The van der Waals surface area contributed by atoms with Gasteiger partial charge in [-0.2, -0.15) is 0 Å². The Morgan fingerprint density at radius 2 is 2.09 bits per heavy atom. The van der Waals surface area contributed by atoms with Crippen molar-refractivity contribution in [2.24, 2.45) is 5.92 Å². The van der Waals surface area contributed by atoms with E-state index in [2.05, 4.69) is 9.97 Å². The van der Waals surface area contributed by atoms with Crippen LogP contribution in [0.4, 0.5) is 0 Å². The minimum absolute atomic E-state index is 0.100. The summed E-state index contributed by atoms with van der Waals surface area (Å²) in [5.74, 6) is -0.477. The van der Waals surface area contributed by atoms with Gasteiger partial charge >= 0.3 is 5.97 Å². The molecule has 1 saturated carbocycles. The molecule has 3 rings (SSSR count). The number of rotatable bonds is 5. The van der Waals surface area contributed by atoms with Gasteiger partial charge in [0.1, 0.15) is 0 Å². The Morgan fingerprint density at radius 3 is 2.78 bits per heavy atom. The average molecular weight is 317 g/mol. The first-order valence-electron chi connectivity index (χ1n) is 8.37. The van der Waals surface area contributed by atoms with E-state index in [0.29, 0.717) is 25.4 Å². The molecule has 23 heavy (non-hydrogen) atoms. The van der Waals surface area contributed by atoms with Crippen LogP contribution in [0.5, 0.6) is 0 Å². The Bertz CT molecular complexity index is 567. The third-order valence-corrected chi connectivity index (χ3v) is 4.69. The van der Waals surface area contributed by atoms with Gasteiger partial charge in [-0.25, -0.2) is 0 Å². The topological polar surface area (TPSA) is 72.4 Å². The zero-order valence-corrected chi connectivity index (χ0v) is 13.5. The molecule has 2 heterocycles. The maximum Gasteiger partial charge on any atom is 0.311 e. The maximum absolute atomic E-state index is 12.2. The third kappa shape index (κ3) is 3.86. The van der Waals surface area contributed by atoms with Crippen molar-refractivity contribution in [3.05, 3.63) is 23.8 Å². The van der Waals surface area contributed by atoms with Gasteiger partial charge in [0.25, 0.3) is 0 Å². The molecule has 0 spiro atoms. The van der Waals surface area contributed by atoms with E-state index in [1.54, 1.807) is 12.4 Å². The molecule has 1 aliphatic heterocycles. The molecule has 1 aromatic heterocycles. The number of aryl methyl sites for hydroxylation is 1. The maximum atomic E-state index is 12.2. The highest BCUT2D eigenvalue weighted by Gasteiger charge is 2.39. The number of amides is 1. The van der Waals surface area contributed by atoms with E-state index < -0.39 is 0 Å². The molecule has 0 radical (unpaired) electrons. The minimum Gasteiger partial charge on any atom is -0.465 e. The van der Waals surface area contributed by atoms with Gasteiger partial charge in [0, 0.05) is 37.8 Å². The lowest BCUT2D eigenvalue weighted by atomic mass is 10.1. The first-order valence-corrected chi connectivity index (χ1v) is 8.37. The zero-order chi connectivity index (χ0) is 16.2. The van der Waals surface area contributed by atoms with Crippen molar-refractivity contribution in [3.63, 3.8) is 0 Å². The minimum atomic E-state index is -0.313.